The van der Waals surface area contributed by atoms with Crippen molar-refractivity contribution in [3.05, 3.63) is 58.3 Å². The van der Waals surface area contributed by atoms with Gasteiger partial charge in [-0.15, -0.1) is 11.3 Å². The van der Waals surface area contributed by atoms with Gasteiger partial charge in [0.2, 0.25) is 0 Å². The van der Waals surface area contributed by atoms with Gasteiger partial charge in [-0.05, 0) is 18.4 Å². The van der Waals surface area contributed by atoms with Gasteiger partial charge in [0.15, 0.2) is 11.2 Å². The maximum atomic E-state index is 12.8. The number of esters is 1. The van der Waals surface area contributed by atoms with Crippen molar-refractivity contribution in [1.82, 2.24) is 0 Å². The number of carbonyl (C=O) groups is 2. The molecule has 0 saturated heterocycles. The lowest BCUT2D eigenvalue weighted by Crippen LogP contribution is -2.23. The molecule has 23 heavy (non-hydrogen) atoms. The van der Waals surface area contributed by atoms with Gasteiger partial charge in [-0.1, -0.05) is 36.4 Å². The molecule has 1 aliphatic carbocycles. The molecule has 3 atom stereocenters. The molecule has 4 nitrogen and oxygen atoms in total. The second kappa shape index (κ2) is 5.98. The van der Waals surface area contributed by atoms with Gasteiger partial charge in [0.1, 0.15) is 0 Å². The van der Waals surface area contributed by atoms with Crippen LogP contribution in [0.25, 0.3) is 0 Å². The SMILES string of the molecule is CCOC(=O)[C@]1(C#N)[C@H](C(=O)c2ccccc2)[C@H]1c1cccs1. The summed E-state index contributed by atoms with van der Waals surface area (Å²) >= 11 is 1.45. The van der Waals surface area contributed by atoms with Gasteiger partial charge in [0, 0.05) is 16.4 Å². The van der Waals surface area contributed by atoms with Crippen molar-refractivity contribution in [3.63, 3.8) is 0 Å². The van der Waals surface area contributed by atoms with Gasteiger partial charge >= 0.3 is 5.97 Å². The third kappa shape index (κ3) is 2.36. The van der Waals surface area contributed by atoms with E-state index >= 15 is 0 Å². The van der Waals surface area contributed by atoms with E-state index in [0.29, 0.717) is 5.56 Å². The minimum absolute atomic E-state index is 0.182. The van der Waals surface area contributed by atoms with E-state index in [1.165, 1.54) is 11.3 Å². The first-order valence-corrected chi connectivity index (χ1v) is 8.26. The minimum atomic E-state index is -1.41. The van der Waals surface area contributed by atoms with Crippen LogP contribution in [0, 0.1) is 22.7 Å². The molecule has 1 aromatic heterocycles. The Morgan fingerprint density at radius 1 is 1.26 bits per heavy atom. The predicted molar refractivity (Wildman–Crippen MR) is 86.0 cm³/mol. The maximum Gasteiger partial charge on any atom is 0.327 e. The molecule has 1 aromatic carbocycles. The number of hydrogen-bond acceptors (Lipinski definition) is 5. The second-order valence-electron chi connectivity index (χ2n) is 5.40. The van der Waals surface area contributed by atoms with Gasteiger partial charge in [-0.3, -0.25) is 9.59 Å². The summed E-state index contributed by atoms with van der Waals surface area (Å²) in [6.07, 6.45) is 0. The largest absolute Gasteiger partial charge is 0.465 e. The van der Waals surface area contributed by atoms with Crippen molar-refractivity contribution in [2.75, 3.05) is 6.61 Å². The van der Waals surface area contributed by atoms with E-state index in [1.54, 1.807) is 31.2 Å². The first kappa shape index (κ1) is 15.4. The molecule has 0 spiro atoms. The van der Waals surface area contributed by atoms with E-state index < -0.39 is 23.2 Å². The third-order valence-corrected chi connectivity index (χ3v) is 5.15. The molecule has 1 fully saturated rings. The summed E-state index contributed by atoms with van der Waals surface area (Å²) in [5.41, 5.74) is -0.895. The van der Waals surface area contributed by atoms with Crippen LogP contribution >= 0.6 is 11.3 Å². The monoisotopic (exact) mass is 325 g/mol. The van der Waals surface area contributed by atoms with Gasteiger partial charge in [0.25, 0.3) is 0 Å². The summed E-state index contributed by atoms with van der Waals surface area (Å²) < 4.78 is 5.10. The number of nitrogens with zero attached hydrogens (tertiary/aromatic N) is 1. The van der Waals surface area contributed by atoms with Crippen molar-refractivity contribution >= 4 is 23.1 Å². The summed E-state index contributed by atoms with van der Waals surface area (Å²) in [6, 6.07) is 14.6. The minimum Gasteiger partial charge on any atom is -0.465 e. The van der Waals surface area contributed by atoms with Crippen LogP contribution in [0.2, 0.25) is 0 Å². The van der Waals surface area contributed by atoms with Crippen LogP contribution < -0.4 is 0 Å². The van der Waals surface area contributed by atoms with Crippen molar-refractivity contribution in [2.45, 2.75) is 12.8 Å². The average Bonchev–Trinajstić information content (AvgIpc) is 2.97. The van der Waals surface area contributed by atoms with Crippen LogP contribution in [0.4, 0.5) is 0 Å². The van der Waals surface area contributed by atoms with E-state index in [-0.39, 0.29) is 12.4 Å². The molecular weight excluding hydrogens is 310 g/mol. The van der Waals surface area contributed by atoms with E-state index in [4.69, 9.17) is 4.74 Å². The Morgan fingerprint density at radius 3 is 2.57 bits per heavy atom. The number of benzene rings is 1. The highest BCUT2D eigenvalue weighted by molar-refractivity contribution is 7.10. The van der Waals surface area contributed by atoms with Gasteiger partial charge in [-0.2, -0.15) is 5.26 Å². The highest BCUT2D eigenvalue weighted by Crippen LogP contribution is 2.67. The van der Waals surface area contributed by atoms with Crippen molar-refractivity contribution < 1.29 is 14.3 Å². The van der Waals surface area contributed by atoms with Crippen molar-refractivity contribution in [1.29, 1.82) is 5.26 Å². The van der Waals surface area contributed by atoms with Gasteiger partial charge in [0.05, 0.1) is 18.6 Å². The summed E-state index contributed by atoms with van der Waals surface area (Å²) in [7, 11) is 0. The molecular formula is C18H15NO3S. The molecule has 1 aliphatic rings. The molecule has 116 valence electrons. The Labute approximate surface area is 138 Å². The van der Waals surface area contributed by atoms with Gasteiger partial charge < -0.3 is 4.74 Å². The first-order chi connectivity index (χ1) is 11.2. The van der Waals surface area contributed by atoms with Crippen molar-refractivity contribution in [3.8, 4) is 6.07 Å². The van der Waals surface area contributed by atoms with Gasteiger partial charge in [-0.25, -0.2) is 0 Å². The Bertz CT molecular complexity index is 763. The van der Waals surface area contributed by atoms with Crippen molar-refractivity contribution in [2.24, 2.45) is 11.3 Å². The summed E-state index contributed by atoms with van der Waals surface area (Å²) in [4.78, 5) is 26.1. The fraction of sp³-hybridized carbons (Fsp3) is 0.278. The molecule has 0 bridgehead atoms. The predicted octanol–water partition coefficient (Wildman–Crippen LogP) is 3.42. The van der Waals surface area contributed by atoms with E-state index in [9.17, 15) is 14.9 Å². The fourth-order valence-corrected chi connectivity index (χ4v) is 4.01. The average molecular weight is 325 g/mol. The number of ketones is 1. The van der Waals surface area contributed by atoms with E-state index in [0.717, 1.165) is 4.88 Å². The fourth-order valence-electron chi connectivity index (χ4n) is 3.07. The second-order valence-corrected chi connectivity index (χ2v) is 6.38. The van der Waals surface area contributed by atoms with Crippen LogP contribution in [0.15, 0.2) is 47.8 Å². The molecule has 0 unspecified atom stereocenters. The topological polar surface area (TPSA) is 67.2 Å². The number of Topliss-reactive ketones (excluding diaryl/α,β-unsaturated/α-hetero) is 1. The Morgan fingerprint density at radius 2 is 2.00 bits per heavy atom. The van der Waals surface area contributed by atoms with E-state index in [1.807, 2.05) is 23.6 Å². The molecule has 0 aliphatic heterocycles. The molecule has 5 heteroatoms. The molecule has 3 rings (SSSR count). The summed E-state index contributed by atoms with van der Waals surface area (Å²) in [5.74, 6) is -1.90. The summed E-state index contributed by atoms with van der Waals surface area (Å²) in [6.45, 7) is 1.88. The Balaban J connectivity index is 2.01. The third-order valence-electron chi connectivity index (χ3n) is 4.19. The van der Waals surface area contributed by atoms with Crippen LogP contribution in [0.1, 0.15) is 28.1 Å². The number of carbonyl (C=O) groups excluding carboxylic acids is 2. The van der Waals surface area contributed by atoms with E-state index in [2.05, 4.69) is 6.07 Å². The standard InChI is InChI=1S/C18H15NO3S/c1-2-22-17(21)18(11-19)14(13-9-6-10-23-13)15(18)16(20)12-7-4-3-5-8-12/h3-10,14-15H,2H2,1H3/t14-,15+,18+/m1/s1. The number of hydrogen-bond donors (Lipinski definition) is 0. The first-order valence-electron chi connectivity index (χ1n) is 7.38. The van der Waals surface area contributed by atoms with Crippen LogP contribution in [0.3, 0.4) is 0 Å². The zero-order valence-corrected chi connectivity index (χ0v) is 13.4. The zero-order valence-electron chi connectivity index (χ0n) is 12.6. The Kier molecular flexibility index (Phi) is 4.01. The number of ether oxygens (including phenoxy) is 1. The summed E-state index contributed by atoms with van der Waals surface area (Å²) in [5, 5.41) is 11.6. The molecule has 1 saturated carbocycles. The molecule has 0 amide bonds. The number of nitriles is 1. The number of rotatable bonds is 5. The van der Waals surface area contributed by atoms with Crippen LogP contribution in [-0.4, -0.2) is 18.4 Å². The highest BCUT2D eigenvalue weighted by Gasteiger charge is 2.75. The zero-order chi connectivity index (χ0) is 16.4. The lowest BCUT2D eigenvalue weighted by molar-refractivity contribution is -0.147. The van der Waals surface area contributed by atoms with Crippen LogP contribution in [0.5, 0.6) is 0 Å². The highest BCUT2D eigenvalue weighted by atomic mass is 32.1. The van der Waals surface area contributed by atoms with Crippen LogP contribution in [-0.2, 0) is 9.53 Å². The molecule has 2 aromatic rings. The lowest BCUT2D eigenvalue weighted by Gasteiger charge is -2.07. The molecule has 0 radical (unpaired) electrons. The quantitative estimate of drug-likeness (QED) is 0.624. The smallest absolute Gasteiger partial charge is 0.327 e. The Hall–Kier alpha value is -2.45. The lowest BCUT2D eigenvalue weighted by atomic mass is 9.99. The molecule has 0 N–H and O–H groups in total. The maximum absolute atomic E-state index is 12.8. The normalized spacial score (nSPS) is 25.4. The molecule has 1 heterocycles. The number of thiophene rings is 1.